The van der Waals surface area contributed by atoms with Crippen molar-refractivity contribution in [3.63, 3.8) is 0 Å². The third kappa shape index (κ3) is 6.57. The van der Waals surface area contributed by atoms with Gasteiger partial charge in [0.2, 0.25) is 0 Å². The van der Waals surface area contributed by atoms with Crippen molar-refractivity contribution in [2.45, 2.75) is 71.6 Å². The van der Waals surface area contributed by atoms with Crippen LogP contribution in [0.2, 0.25) is 0 Å². The number of carbonyl (C=O) groups excluding carboxylic acids is 1. The molecule has 0 fully saturated rings. The van der Waals surface area contributed by atoms with Gasteiger partial charge in [-0.05, 0) is 86.2 Å². The van der Waals surface area contributed by atoms with Crippen LogP contribution in [0.4, 0.5) is 42.8 Å². The van der Waals surface area contributed by atoms with Crippen LogP contribution in [0.5, 0.6) is 0 Å². The minimum Gasteiger partial charge on any atom is -0.446 e. The van der Waals surface area contributed by atoms with Crippen LogP contribution in [0.1, 0.15) is 66.1 Å². The van der Waals surface area contributed by atoms with Crippen LogP contribution < -0.4 is 9.80 Å². The Kier molecular flexibility index (Phi) is 8.23. The van der Waals surface area contributed by atoms with Gasteiger partial charge in [-0.2, -0.15) is 31.1 Å². The minimum atomic E-state index is -4.99. The highest BCUT2D eigenvalue weighted by molar-refractivity contribution is 5.90. The second-order valence-corrected chi connectivity index (χ2v) is 10.3. The molecule has 1 aromatic heterocycles. The summed E-state index contributed by atoms with van der Waals surface area (Å²) in [6, 6.07) is 4.53. The van der Waals surface area contributed by atoms with Crippen LogP contribution in [0.25, 0.3) is 0 Å². The van der Waals surface area contributed by atoms with Gasteiger partial charge < -0.3 is 9.64 Å². The fraction of sp³-hybridized carbons (Fsp3) is 0.481. The summed E-state index contributed by atoms with van der Waals surface area (Å²) < 4.78 is 87.3. The van der Waals surface area contributed by atoms with Crippen molar-refractivity contribution in [3.8, 4) is 0 Å². The first-order valence-electron chi connectivity index (χ1n) is 12.9. The molecule has 4 rings (SSSR count). The number of alkyl halides is 6. The Morgan fingerprint density at radius 3 is 2.24 bits per heavy atom. The molecule has 1 aliphatic heterocycles. The van der Waals surface area contributed by atoms with Gasteiger partial charge in [-0.3, -0.25) is 4.90 Å². The van der Waals surface area contributed by atoms with Gasteiger partial charge in [-0.15, -0.1) is 5.10 Å². The molecular formula is C27H30F6N6O2. The molecule has 0 radical (unpaired) electrons. The zero-order valence-electron chi connectivity index (χ0n) is 23.1. The summed E-state index contributed by atoms with van der Waals surface area (Å²) >= 11 is 0. The van der Waals surface area contributed by atoms with Crippen LogP contribution in [0.3, 0.4) is 0 Å². The molecule has 0 spiro atoms. The molecule has 0 saturated carbocycles. The molecule has 2 aromatic carbocycles. The normalized spacial score (nSPS) is 16.0. The number of carbonyl (C=O) groups is 1. The third-order valence-corrected chi connectivity index (χ3v) is 6.91. The number of halogens is 6. The molecule has 14 heteroatoms. The number of hydrogen-bond acceptors (Lipinski definition) is 6. The minimum absolute atomic E-state index is 0.0193. The molecule has 0 N–H and O–H groups in total. The van der Waals surface area contributed by atoms with Crippen molar-refractivity contribution in [2.75, 3.05) is 16.3 Å². The topological polar surface area (TPSA) is 76.4 Å². The van der Waals surface area contributed by atoms with Gasteiger partial charge in [-0.25, -0.2) is 4.79 Å². The summed E-state index contributed by atoms with van der Waals surface area (Å²) in [6.07, 6.45) is -10.1. The van der Waals surface area contributed by atoms with E-state index < -0.39 is 35.6 Å². The summed E-state index contributed by atoms with van der Waals surface area (Å²) in [7, 11) is 1.50. The zero-order chi connectivity index (χ0) is 30.3. The second-order valence-electron chi connectivity index (χ2n) is 10.3. The van der Waals surface area contributed by atoms with E-state index in [0.29, 0.717) is 42.8 Å². The number of aryl methyl sites for hydroxylation is 2. The first-order valence-corrected chi connectivity index (χ1v) is 12.9. The molecular weight excluding hydrogens is 554 g/mol. The summed E-state index contributed by atoms with van der Waals surface area (Å²) in [5.74, 6) is 0.0193. The maximum absolute atomic E-state index is 13.6. The van der Waals surface area contributed by atoms with Crippen molar-refractivity contribution < 1.29 is 35.9 Å². The Hall–Kier alpha value is -3.84. The van der Waals surface area contributed by atoms with Gasteiger partial charge in [0.05, 0.1) is 36.0 Å². The largest absolute Gasteiger partial charge is 0.446 e. The molecule has 0 bridgehead atoms. The highest BCUT2D eigenvalue weighted by Gasteiger charge is 2.38. The van der Waals surface area contributed by atoms with Gasteiger partial charge in [0, 0.05) is 13.1 Å². The number of fused-ring (bicyclic) bond motifs is 1. The van der Waals surface area contributed by atoms with E-state index in [-0.39, 0.29) is 30.2 Å². The van der Waals surface area contributed by atoms with Gasteiger partial charge in [0.1, 0.15) is 0 Å². The molecule has 0 unspecified atom stereocenters. The average molecular weight is 585 g/mol. The van der Waals surface area contributed by atoms with E-state index in [4.69, 9.17) is 4.74 Å². The summed E-state index contributed by atoms with van der Waals surface area (Å²) in [4.78, 5) is 17.4. The number of nitrogens with zero attached hydrogens (tertiary/aromatic N) is 6. The van der Waals surface area contributed by atoms with E-state index in [0.717, 1.165) is 15.9 Å². The number of rotatable bonds is 5. The van der Waals surface area contributed by atoms with E-state index in [1.54, 1.807) is 19.9 Å². The summed E-state index contributed by atoms with van der Waals surface area (Å²) in [5, 5.41) is 12.1. The maximum Gasteiger partial charge on any atom is 0.416 e. The predicted octanol–water partition coefficient (Wildman–Crippen LogP) is 6.76. The standard InChI is InChI=1S/C27H30F6N6O2/c1-15(2)41-25(40)38-10-6-7-22(21-9-8-16(3)17(4)23(21)38)39(24-34-36-37(5)35-24)14-18-11-19(26(28,29)30)13-20(12-18)27(31,32)33/h8-9,11-13,15,22H,6-7,10,14H2,1-5H3/t22-/m0/s1. The molecule has 1 aliphatic rings. The SMILES string of the molecule is Cc1ccc2c(c1C)N(C(=O)OC(C)C)CCC[C@@H]2N(Cc1cc(C(F)(F)F)cc(C(F)(F)F)c1)c1nnn(C)n1. The van der Waals surface area contributed by atoms with E-state index in [1.165, 1.54) is 16.8 Å². The molecule has 8 nitrogen and oxygen atoms in total. The summed E-state index contributed by atoms with van der Waals surface area (Å²) in [6.45, 7) is 7.10. The third-order valence-electron chi connectivity index (χ3n) is 6.91. The Labute approximate surface area is 232 Å². The number of anilines is 2. The van der Waals surface area contributed by atoms with E-state index in [2.05, 4.69) is 15.4 Å². The quantitative estimate of drug-likeness (QED) is 0.309. The first-order chi connectivity index (χ1) is 19.1. The van der Waals surface area contributed by atoms with Crippen LogP contribution in [-0.4, -0.2) is 38.9 Å². The molecule has 1 amide bonds. The second kappa shape index (κ2) is 11.2. The number of hydrogen-bond donors (Lipinski definition) is 0. The van der Waals surface area contributed by atoms with Crippen molar-refractivity contribution >= 4 is 17.7 Å². The lowest BCUT2D eigenvalue weighted by molar-refractivity contribution is -0.143. The summed E-state index contributed by atoms with van der Waals surface area (Å²) in [5.41, 5.74) is -0.155. The average Bonchev–Trinajstić information content (AvgIpc) is 3.19. The number of aromatic nitrogens is 4. The number of tetrazole rings is 1. The zero-order valence-corrected chi connectivity index (χ0v) is 23.1. The monoisotopic (exact) mass is 584 g/mol. The smallest absolute Gasteiger partial charge is 0.416 e. The van der Waals surface area contributed by atoms with Crippen molar-refractivity contribution in [1.82, 2.24) is 20.2 Å². The lowest BCUT2D eigenvalue weighted by atomic mass is 9.94. The van der Waals surface area contributed by atoms with E-state index in [1.807, 2.05) is 19.9 Å². The fourth-order valence-corrected chi connectivity index (χ4v) is 4.95. The number of benzene rings is 2. The Morgan fingerprint density at radius 1 is 1.07 bits per heavy atom. The van der Waals surface area contributed by atoms with Crippen molar-refractivity contribution in [3.05, 3.63) is 63.7 Å². The highest BCUT2D eigenvalue weighted by atomic mass is 19.4. The van der Waals surface area contributed by atoms with Crippen molar-refractivity contribution in [1.29, 1.82) is 0 Å². The molecule has 222 valence electrons. The Bertz CT molecular complexity index is 1390. The molecule has 1 atom stereocenters. The molecule has 2 heterocycles. The highest BCUT2D eigenvalue weighted by Crippen LogP contribution is 2.43. The van der Waals surface area contributed by atoms with E-state index in [9.17, 15) is 31.1 Å². The van der Waals surface area contributed by atoms with Crippen LogP contribution in [-0.2, 0) is 30.7 Å². The molecule has 0 saturated heterocycles. The van der Waals surface area contributed by atoms with Gasteiger partial charge in [-0.1, -0.05) is 17.2 Å². The predicted molar refractivity (Wildman–Crippen MR) is 138 cm³/mol. The fourth-order valence-electron chi connectivity index (χ4n) is 4.95. The molecule has 3 aromatic rings. The van der Waals surface area contributed by atoms with Gasteiger partial charge in [0.25, 0.3) is 5.95 Å². The van der Waals surface area contributed by atoms with Crippen LogP contribution >= 0.6 is 0 Å². The van der Waals surface area contributed by atoms with Gasteiger partial charge in [0.15, 0.2) is 0 Å². The van der Waals surface area contributed by atoms with Crippen LogP contribution in [0, 0.1) is 13.8 Å². The number of ether oxygens (including phenoxy) is 1. The molecule has 0 aliphatic carbocycles. The Morgan fingerprint density at radius 2 is 1.71 bits per heavy atom. The maximum atomic E-state index is 13.6. The van der Waals surface area contributed by atoms with Crippen molar-refractivity contribution in [2.24, 2.45) is 7.05 Å². The van der Waals surface area contributed by atoms with Gasteiger partial charge >= 0.3 is 18.4 Å². The first kappa shape index (κ1) is 30.1. The van der Waals surface area contributed by atoms with E-state index >= 15 is 0 Å². The molecule has 41 heavy (non-hydrogen) atoms. The van der Waals surface area contributed by atoms with Crippen LogP contribution in [0.15, 0.2) is 30.3 Å². The Balaban J connectivity index is 1.87. The lowest BCUT2D eigenvalue weighted by Crippen LogP contribution is -2.35. The number of amides is 1. The lowest BCUT2D eigenvalue weighted by Gasteiger charge is -2.33.